The summed E-state index contributed by atoms with van der Waals surface area (Å²) in [5.41, 5.74) is 5.89. The minimum Gasteiger partial charge on any atom is -0.339 e. The zero-order valence-electron chi connectivity index (χ0n) is 11.2. The first-order valence-electron chi connectivity index (χ1n) is 7.31. The van der Waals surface area contributed by atoms with E-state index in [0.717, 1.165) is 30.5 Å². The van der Waals surface area contributed by atoms with E-state index in [1.165, 1.54) is 32.1 Å². The van der Waals surface area contributed by atoms with Crippen LogP contribution in [0.25, 0.3) is 0 Å². The molecular weight excluding hydrogens is 226 g/mol. The van der Waals surface area contributed by atoms with Gasteiger partial charge in [-0.15, -0.1) is 0 Å². The van der Waals surface area contributed by atoms with Crippen LogP contribution in [0.4, 0.5) is 0 Å². The van der Waals surface area contributed by atoms with Gasteiger partial charge in [0.25, 0.3) is 0 Å². The third-order valence-electron chi connectivity index (χ3n) is 5.08. The lowest BCUT2D eigenvalue weighted by atomic mass is 9.69. The molecule has 1 heterocycles. The number of hydrogen-bond donors (Lipinski definition) is 1. The molecule has 100 valence electrons. The molecule has 2 fully saturated rings. The summed E-state index contributed by atoms with van der Waals surface area (Å²) in [7, 11) is 0. The molecule has 0 spiro atoms. The molecule has 1 aromatic heterocycles. The standard InChI is InChI=1S/C14H23N3O/c1-2-10-4-5-11(8-10)12-16-13(18-17-12)14(9-15)6-3-7-14/h10-11H,2-9,15H2,1H3. The van der Waals surface area contributed by atoms with E-state index >= 15 is 0 Å². The molecule has 4 heteroatoms. The number of nitrogens with zero attached hydrogens (tertiary/aromatic N) is 2. The van der Waals surface area contributed by atoms with E-state index < -0.39 is 0 Å². The fourth-order valence-electron chi connectivity index (χ4n) is 3.41. The van der Waals surface area contributed by atoms with Crippen LogP contribution in [0.5, 0.6) is 0 Å². The molecule has 0 radical (unpaired) electrons. The van der Waals surface area contributed by atoms with Gasteiger partial charge < -0.3 is 10.3 Å². The third-order valence-corrected chi connectivity index (χ3v) is 5.08. The second kappa shape index (κ2) is 4.65. The summed E-state index contributed by atoms with van der Waals surface area (Å²) in [5, 5.41) is 4.22. The fraction of sp³-hybridized carbons (Fsp3) is 0.857. The van der Waals surface area contributed by atoms with Crippen LogP contribution < -0.4 is 5.73 Å². The van der Waals surface area contributed by atoms with Crippen LogP contribution in [-0.2, 0) is 5.41 Å². The Morgan fingerprint density at radius 3 is 2.78 bits per heavy atom. The highest BCUT2D eigenvalue weighted by molar-refractivity contribution is 5.13. The van der Waals surface area contributed by atoms with Crippen LogP contribution in [0.3, 0.4) is 0 Å². The van der Waals surface area contributed by atoms with Crippen LogP contribution in [0, 0.1) is 5.92 Å². The lowest BCUT2D eigenvalue weighted by molar-refractivity contribution is 0.181. The second-order valence-electron chi connectivity index (χ2n) is 6.08. The van der Waals surface area contributed by atoms with Crippen molar-refractivity contribution < 1.29 is 4.52 Å². The van der Waals surface area contributed by atoms with Crippen molar-refractivity contribution in [1.29, 1.82) is 0 Å². The molecule has 3 rings (SSSR count). The van der Waals surface area contributed by atoms with Gasteiger partial charge in [0.1, 0.15) is 0 Å². The molecule has 2 unspecified atom stereocenters. The van der Waals surface area contributed by atoms with E-state index in [-0.39, 0.29) is 5.41 Å². The van der Waals surface area contributed by atoms with Crippen LogP contribution in [0.1, 0.15) is 69.5 Å². The van der Waals surface area contributed by atoms with Gasteiger partial charge in [0.05, 0.1) is 5.41 Å². The van der Waals surface area contributed by atoms with Gasteiger partial charge in [-0.2, -0.15) is 4.98 Å². The normalized spacial score (nSPS) is 30.3. The Morgan fingerprint density at radius 2 is 2.22 bits per heavy atom. The summed E-state index contributed by atoms with van der Waals surface area (Å²) < 4.78 is 5.50. The summed E-state index contributed by atoms with van der Waals surface area (Å²) in [6.45, 7) is 2.91. The zero-order valence-corrected chi connectivity index (χ0v) is 11.2. The van der Waals surface area contributed by atoms with Crippen LogP contribution in [0.15, 0.2) is 4.52 Å². The Kier molecular flexibility index (Phi) is 3.14. The van der Waals surface area contributed by atoms with Gasteiger partial charge in [0, 0.05) is 12.5 Å². The highest BCUT2D eigenvalue weighted by atomic mass is 16.5. The van der Waals surface area contributed by atoms with Crippen LogP contribution in [-0.4, -0.2) is 16.7 Å². The van der Waals surface area contributed by atoms with Crippen molar-refractivity contribution in [1.82, 2.24) is 10.1 Å². The van der Waals surface area contributed by atoms with Crippen molar-refractivity contribution in [3.05, 3.63) is 11.7 Å². The van der Waals surface area contributed by atoms with Crippen molar-refractivity contribution in [2.24, 2.45) is 11.7 Å². The van der Waals surface area contributed by atoms with Crippen molar-refractivity contribution in [3.63, 3.8) is 0 Å². The highest BCUT2D eigenvalue weighted by Gasteiger charge is 2.43. The average molecular weight is 249 g/mol. The Labute approximate surface area is 108 Å². The Bertz CT molecular complexity index is 405. The number of hydrogen-bond acceptors (Lipinski definition) is 4. The quantitative estimate of drug-likeness (QED) is 0.891. The van der Waals surface area contributed by atoms with E-state index in [2.05, 4.69) is 17.1 Å². The molecule has 2 N–H and O–H groups in total. The largest absolute Gasteiger partial charge is 0.339 e. The maximum absolute atomic E-state index is 5.88. The third kappa shape index (κ3) is 1.87. The van der Waals surface area contributed by atoms with E-state index in [1.807, 2.05) is 0 Å². The molecule has 2 aliphatic carbocycles. The lowest BCUT2D eigenvalue weighted by Crippen LogP contribution is -2.41. The lowest BCUT2D eigenvalue weighted by Gasteiger charge is -2.36. The smallest absolute Gasteiger partial charge is 0.234 e. The molecule has 0 aromatic carbocycles. The minimum atomic E-state index is 0.00795. The highest BCUT2D eigenvalue weighted by Crippen LogP contribution is 2.43. The summed E-state index contributed by atoms with van der Waals surface area (Å²) in [4.78, 5) is 4.67. The van der Waals surface area contributed by atoms with E-state index in [4.69, 9.17) is 10.3 Å². The molecule has 2 aliphatic rings. The molecule has 2 saturated carbocycles. The molecule has 0 amide bonds. The van der Waals surface area contributed by atoms with Gasteiger partial charge in [0.2, 0.25) is 5.89 Å². The first kappa shape index (κ1) is 12.2. The van der Waals surface area contributed by atoms with Gasteiger partial charge in [-0.05, 0) is 38.0 Å². The zero-order chi connectivity index (χ0) is 12.6. The van der Waals surface area contributed by atoms with Crippen LogP contribution in [0.2, 0.25) is 0 Å². The van der Waals surface area contributed by atoms with Crippen molar-refractivity contribution >= 4 is 0 Å². The predicted molar refractivity (Wildman–Crippen MR) is 69.3 cm³/mol. The van der Waals surface area contributed by atoms with Crippen molar-refractivity contribution in [3.8, 4) is 0 Å². The monoisotopic (exact) mass is 249 g/mol. The molecule has 0 aliphatic heterocycles. The molecule has 18 heavy (non-hydrogen) atoms. The summed E-state index contributed by atoms with van der Waals surface area (Å²) in [6.07, 6.45) is 8.47. The molecule has 0 bridgehead atoms. The molecular formula is C14H23N3O. The molecule has 1 aromatic rings. The molecule has 4 nitrogen and oxygen atoms in total. The first-order valence-corrected chi connectivity index (χ1v) is 7.31. The number of aromatic nitrogens is 2. The number of nitrogens with two attached hydrogens (primary N) is 1. The summed E-state index contributed by atoms with van der Waals surface area (Å²) in [5.74, 6) is 3.10. The SMILES string of the molecule is CCC1CCC(c2noc(C3(CN)CCC3)n2)C1. The summed E-state index contributed by atoms with van der Waals surface area (Å²) in [6, 6.07) is 0. The van der Waals surface area contributed by atoms with Crippen LogP contribution >= 0.6 is 0 Å². The average Bonchev–Trinajstić information content (AvgIpc) is 2.96. The number of rotatable bonds is 4. The van der Waals surface area contributed by atoms with E-state index in [1.54, 1.807) is 0 Å². The Balaban J connectivity index is 1.74. The van der Waals surface area contributed by atoms with Gasteiger partial charge in [0.15, 0.2) is 5.82 Å². The first-order chi connectivity index (χ1) is 8.77. The summed E-state index contributed by atoms with van der Waals surface area (Å²) >= 11 is 0. The predicted octanol–water partition coefficient (Wildman–Crippen LogP) is 2.74. The van der Waals surface area contributed by atoms with E-state index in [9.17, 15) is 0 Å². The fourth-order valence-corrected chi connectivity index (χ4v) is 3.41. The topological polar surface area (TPSA) is 64.9 Å². The Hall–Kier alpha value is -0.900. The van der Waals surface area contributed by atoms with E-state index in [0.29, 0.717) is 12.5 Å². The van der Waals surface area contributed by atoms with Gasteiger partial charge >= 0.3 is 0 Å². The Morgan fingerprint density at radius 1 is 1.39 bits per heavy atom. The van der Waals surface area contributed by atoms with Gasteiger partial charge in [-0.1, -0.05) is 24.9 Å². The van der Waals surface area contributed by atoms with Gasteiger partial charge in [-0.3, -0.25) is 0 Å². The maximum atomic E-state index is 5.88. The minimum absolute atomic E-state index is 0.00795. The van der Waals surface area contributed by atoms with Gasteiger partial charge in [-0.25, -0.2) is 0 Å². The second-order valence-corrected chi connectivity index (χ2v) is 6.08. The molecule has 0 saturated heterocycles. The molecule has 2 atom stereocenters. The maximum Gasteiger partial charge on any atom is 0.234 e. The van der Waals surface area contributed by atoms with Crippen molar-refractivity contribution in [2.45, 2.75) is 63.2 Å². The van der Waals surface area contributed by atoms with Crippen molar-refractivity contribution in [2.75, 3.05) is 6.54 Å².